The molecular formula is C22H27F3N4O6. The Kier molecular flexibility index (Phi) is 9.60. The summed E-state index contributed by atoms with van der Waals surface area (Å²) < 4.78 is 31.7. The van der Waals surface area contributed by atoms with E-state index >= 15 is 0 Å². The lowest BCUT2D eigenvalue weighted by atomic mass is 10.0. The molecule has 192 valence electrons. The van der Waals surface area contributed by atoms with Crippen molar-refractivity contribution in [1.29, 1.82) is 5.41 Å². The van der Waals surface area contributed by atoms with E-state index in [1.165, 1.54) is 0 Å². The summed E-state index contributed by atoms with van der Waals surface area (Å²) in [4.78, 5) is 40.1. The summed E-state index contributed by atoms with van der Waals surface area (Å²) in [6.45, 7) is 0.601. The number of nitrogens with zero attached hydrogens (tertiary/aromatic N) is 2. The number of nitrogens with one attached hydrogen (secondary N) is 1. The Labute approximate surface area is 199 Å². The van der Waals surface area contributed by atoms with Crippen molar-refractivity contribution in [3.05, 3.63) is 35.4 Å². The summed E-state index contributed by atoms with van der Waals surface area (Å²) in [5.74, 6) is -3.69. The van der Waals surface area contributed by atoms with E-state index in [2.05, 4.69) is 5.16 Å². The number of amides is 1. The highest BCUT2D eigenvalue weighted by atomic mass is 19.4. The molecule has 0 spiro atoms. The molecule has 0 aromatic heterocycles. The predicted octanol–water partition coefficient (Wildman–Crippen LogP) is 2.73. The van der Waals surface area contributed by atoms with E-state index in [9.17, 15) is 22.8 Å². The summed E-state index contributed by atoms with van der Waals surface area (Å²) in [6, 6.07) is 6.94. The molecule has 0 radical (unpaired) electrons. The van der Waals surface area contributed by atoms with Gasteiger partial charge in [0.1, 0.15) is 11.9 Å². The van der Waals surface area contributed by atoms with E-state index < -0.39 is 18.1 Å². The van der Waals surface area contributed by atoms with Crippen LogP contribution < -0.4 is 5.73 Å². The Bertz CT molecular complexity index is 965. The molecule has 2 aliphatic heterocycles. The molecule has 10 nitrogen and oxygen atoms in total. The van der Waals surface area contributed by atoms with Gasteiger partial charge < -0.3 is 25.7 Å². The quantitative estimate of drug-likeness (QED) is 0.344. The highest BCUT2D eigenvalue weighted by molar-refractivity contribution is 6.02. The first-order valence-electron chi connectivity index (χ1n) is 10.9. The van der Waals surface area contributed by atoms with Crippen LogP contribution in [-0.2, 0) is 19.2 Å². The lowest BCUT2D eigenvalue weighted by molar-refractivity contribution is -0.192. The second-order valence-electron chi connectivity index (χ2n) is 8.16. The van der Waals surface area contributed by atoms with Gasteiger partial charge in [-0.15, -0.1) is 0 Å². The molecule has 5 N–H and O–H groups in total. The number of oxime groups is 1. The van der Waals surface area contributed by atoms with Crippen LogP contribution >= 0.6 is 0 Å². The maximum absolute atomic E-state index is 12.8. The number of carbonyl (C=O) groups is 3. The average molecular weight is 500 g/mol. The Morgan fingerprint density at radius 1 is 1.11 bits per heavy atom. The highest BCUT2D eigenvalue weighted by Gasteiger charge is 2.38. The number of hydrogen-bond donors (Lipinski definition) is 4. The summed E-state index contributed by atoms with van der Waals surface area (Å²) in [7, 11) is 0. The smallest absolute Gasteiger partial charge is 0.481 e. The zero-order chi connectivity index (χ0) is 26.2. The number of amidine groups is 1. The molecule has 1 aromatic carbocycles. The van der Waals surface area contributed by atoms with Crippen molar-refractivity contribution >= 4 is 29.4 Å². The summed E-state index contributed by atoms with van der Waals surface area (Å²) in [5.41, 5.74) is 7.74. The Hall–Kier alpha value is -3.64. The number of benzene rings is 1. The van der Waals surface area contributed by atoms with Crippen LogP contribution in [0.25, 0.3) is 0 Å². The average Bonchev–Trinajstić information content (AvgIpc) is 3.11. The third kappa shape index (κ3) is 8.58. The van der Waals surface area contributed by atoms with Crippen LogP contribution in [0.15, 0.2) is 29.4 Å². The maximum atomic E-state index is 12.8. The van der Waals surface area contributed by atoms with E-state index in [0.29, 0.717) is 18.5 Å². The number of carboxylic acids is 2. The Balaban J connectivity index is 0.000000540. The van der Waals surface area contributed by atoms with E-state index in [1.807, 2.05) is 12.1 Å². The van der Waals surface area contributed by atoms with Gasteiger partial charge in [-0.1, -0.05) is 42.3 Å². The van der Waals surface area contributed by atoms with Crippen molar-refractivity contribution in [3.63, 3.8) is 0 Å². The zero-order valence-electron chi connectivity index (χ0n) is 18.8. The van der Waals surface area contributed by atoms with Crippen molar-refractivity contribution < 1.29 is 42.6 Å². The van der Waals surface area contributed by atoms with Crippen molar-refractivity contribution in [2.45, 2.75) is 63.3 Å². The topological polar surface area (TPSA) is 166 Å². The first kappa shape index (κ1) is 27.6. The minimum Gasteiger partial charge on any atom is -0.481 e. The number of alkyl halides is 3. The third-order valence-corrected chi connectivity index (χ3v) is 5.51. The number of nitrogen functional groups attached to an aromatic ring is 1. The fourth-order valence-corrected chi connectivity index (χ4v) is 3.78. The van der Waals surface area contributed by atoms with Crippen molar-refractivity contribution in [3.8, 4) is 0 Å². The molecule has 2 unspecified atom stereocenters. The monoisotopic (exact) mass is 500 g/mol. The molecule has 1 saturated heterocycles. The highest BCUT2D eigenvalue weighted by Crippen LogP contribution is 2.24. The zero-order valence-corrected chi connectivity index (χ0v) is 18.8. The van der Waals surface area contributed by atoms with Crippen molar-refractivity contribution in [2.75, 3.05) is 6.54 Å². The summed E-state index contributed by atoms with van der Waals surface area (Å²) >= 11 is 0. The molecule has 1 fully saturated rings. The SMILES string of the molecule is N=C(N)c1ccc(C2=NOC(CC(=O)N3CCCCCC3CC(=O)O)C2)cc1.O=C(O)C(F)(F)F. The van der Waals surface area contributed by atoms with Crippen LogP contribution in [-0.4, -0.2) is 69.4 Å². The van der Waals surface area contributed by atoms with Gasteiger partial charge in [-0.25, -0.2) is 4.79 Å². The van der Waals surface area contributed by atoms with Crippen LogP contribution in [0.5, 0.6) is 0 Å². The fraction of sp³-hybridized carbons (Fsp3) is 0.500. The normalized spacial score (nSPS) is 20.0. The van der Waals surface area contributed by atoms with Gasteiger partial charge in [-0.3, -0.25) is 15.0 Å². The molecule has 2 heterocycles. The predicted molar refractivity (Wildman–Crippen MR) is 118 cm³/mol. The second kappa shape index (κ2) is 12.2. The van der Waals surface area contributed by atoms with E-state index in [-0.39, 0.29) is 36.7 Å². The molecule has 13 heteroatoms. The number of rotatable bonds is 6. The number of nitrogens with two attached hydrogens (primary N) is 1. The number of likely N-dealkylation sites (tertiary alicyclic amines) is 1. The molecule has 2 atom stereocenters. The van der Waals surface area contributed by atoms with Gasteiger partial charge in [0.05, 0.1) is 18.6 Å². The van der Waals surface area contributed by atoms with Crippen LogP contribution in [0, 0.1) is 5.41 Å². The fourth-order valence-electron chi connectivity index (χ4n) is 3.78. The van der Waals surface area contributed by atoms with Crippen LogP contribution in [0.3, 0.4) is 0 Å². The van der Waals surface area contributed by atoms with E-state index in [4.69, 9.17) is 31.0 Å². The van der Waals surface area contributed by atoms with Crippen LogP contribution in [0.1, 0.15) is 56.1 Å². The first-order chi connectivity index (χ1) is 16.4. The van der Waals surface area contributed by atoms with Crippen LogP contribution in [0.2, 0.25) is 0 Å². The van der Waals surface area contributed by atoms with Crippen molar-refractivity contribution in [2.24, 2.45) is 10.9 Å². The second-order valence-corrected chi connectivity index (χ2v) is 8.16. The molecule has 2 aliphatic rings. The lowest BCUT2D eigenvalue weighted by Gasteiger charge is -2.29. The molecule has 0 aliphatic carbocycles. The standard InChI is InChI=1S/C20H26N4O4.C2HF3O2/c21-20(22)14-7-5-13(6-8-14)17-11-16(28-23-17)12-18(25)24-9-3-1-2-4-15(24)10-19(26)27;3-2(4,5)1(6)7/h5-8,15-16H,1-4,9-12H2,(H3,21,22)(H,26,27);(H,6,7). The minimum absolute atomic E-state index is 0.00741. The number of halogens is 3. The molecular weight excluding hydrogens is 473 g/mol. The van der Waals surface area contributed by atoms with Gasteiger partial charge in [-0.05, 0) is 18.4 Å². The Morgan fingerprint density at radius 2 is 1.74 bits per heavy atom. The molecule has 0 saturated carbocycles. The molecule has 1 amide bonds. The summed E-state index contributed by atoms with van der Waals surface area (Å²) in [6.07, 6.45) is -1.14. The number of aliphatic carboxylic acids is 2. The summed E-state index contributed by atoms with van der Waals surface area (Å²) in [5, 5.41) is 27.8. The number of carboxylic acid groups (broad SMARTS) is 2. The van der Waals surface area contributed by atoms with Gasteiger partial charge in [0.15, 0.2) is 0 Å². The minimum atomic E-state index is -5.08. The van der Waals surface area contributed by atoms with E-state index in [1.54, 1.807) is 17.0 Å². The lowest BCUT2D eigenvalue weighted by Crippen LogP contribution is -2.42. The molecule has 35 heavy (non-hydrogen) atoms. The van der Waals surface area contributed by atoms with Gasteiger partial charge in [0.2, 0.25) is 5.91 Å². The van der Waals surface area contributed by atoms with Gasteiger partial charge in [0, 0.05) is 24.6 Å². The largest absolute Gasteiger partial charge is 0.490 e. The molecule has 1 aromatic rings. The molecule has 3 rings (SSSR count). The number of carbonyl (C=O) groups excluding carboxylic acids is 1. The molecule has 0 bridgehead atoms. The van der Waals surface area contributed by atoms with Crippen molar-refractivity contribution in [1.82, 2.24) is 4.90 Å². The third-order valence-electron chi connectivity index (χ3n) is 5.51. The van der Waals surface area contributed by atoms with Crippen LogP contribution in [0.4, 0.5) is 13.2 Å². The first-order valence-corrected chi connectivity index (χ1v) is 10.9. The maximum Gasteiger partial charge on any atom is 0.490 e. The Morgan fingerprint density at radius 3 is 2.29 bits per heavy atom. The van der Waals surface area contributed by atoms with Gasteiger partial charge in [0.25, 0.3) is 0 Å². The van der Waals surface area contributed by atoms with E-state index in [0.717, 1.165) is 37.0 Å². The van der Waals surface area contributed by atoms with Gasteiger partial charge in [-0.2, -0.15) is 13.2 Å². The number of hydrogen-bond acceptors (Lipinski definition) is 6. The van der Waals surface area contributed by atoms with Gasteiger partial charge >= 0.3 is 18.1 Å².